The summed E-state index contributed by atoms with van der Waals surface area (Å²) >= 11 is 10.5. The Balaban J connectivity index is 2.36. The van der Waals surface area contributed by atoms with E-state index in [-0.39, 0.29) is 0 Å². The quantitative estimate of drug-likeness (QED) is 0.675. The predicted octanol–water partition coefficient (Wildman–Crippen LogP) is 3.74. The van der Waals surface area contributed by atoms with Gasteiger partial charge in [0.25, 0.3) is 0 Å². The Bertz CT molecular complexity index is 531. The van der Waals surface area contributed by atoms with E-state index in [4.69, 9.17) is 28.9 Å². The van der Waals surface area contributed by atoms with E-state index >= 15 is 0 Å². The first-order valence-electron chi connectivity index (χ1n) is 4.80. The largest absolute Gasteiger partial charge is 0.606 e. The molecule has 88 valence electrons. The number of benzene rings is 2. The molecular formula is C12H9Cl2NOS. The van der Waals surface area contributed by atoms with Crippen molar-refractivity contribution in [2.75, 3.05) is 5.73 Å². The van der Waals surface area contributed by atoms with E-state index in [9.17, 15) is 4.55 Å². The van der Waals surface area contributed by atoms with Gasteiger partial charge in [-0.2, -0.15) is 0 Å². The predicted molar refractivity (Wildman–Crippen MR) is 72.0 cm³/mol. The topological polar surface area (TPSA) is 49.1 Å². The van der Waals surface area contributed by atoms with Crippen molar-refractivity contribution in [3.05, 3.63) is 52.5 Å². The zero-order chi connectivity index (χ0) is 12.4. The third kappa shape index (κ3) is 2.87. The molecule has 0 amide bonds. The minimum atomic E-state index is -1.32. The molecule has 17 heavy (non-hydrogen) atoms. The summed E-state index contributed by atoms with van der Waals surface area (Å²) in [6, 6.07) is 11.7. The molecule has 2 N–H and O–H groups in total. The van der Waals surface area contributed by atoms with Gasteiger partial charge in [0.1, 0.15) is 0 Å². The molecule has 0 bridgehead atoms. The van der Waals surface area contributed by atoms with Gasteiger partial charge in [0, 0.05) is 21.9 Å². The number of nitrogen functional groups attached to an aromatic ring is 1. The molecule has 2 aromatic carbocycles. The van der Waals surface area contributed by atoms with Crippen LogP contribution < -0.4 is 5.73 Å². The molecule has 0 aliphatic heterocycles. The summed E-state index contributed by atoms with van der Waals surface area (Å²) in [7, 11) is 0. The summed E-state index contributed by atoms with van der Waals surface area (Å²) in [4.78, 5) is 1.20. The Kier molecular flexibility index (Phi) is 3.84. The van der Waals surface area contributed by atoms with Gasteiger partial charge in [-0.25, -0.2) is 0 Å². The van der Waals surface area contributed by atoms with Gasteiger partial charge in [0.2, 0.25) is 0 Å². The van der Waals surface area contributed by atoms with Gasteiger partial charge >= 0.3 is 0 Å². The van der Waals surface area contributed by atoms with Crippen LogP contribution in [0.15, 0.2) is 52.3 Å². The molecule has 5 heteroatoms. The molecule has 2 aromatic rings. The molecule has 0 aliphatic carbocycles. The van der Waals surface area contributed by atoms with E-state index in [2.05, 4.69) is 0 Å². The van der Waals surface area contributed by atoms with Gasteiger partial charge < -0.3 is 10.3 Å². The lowest BCUT2D eigenvalue weighted by molar-refractivity contribution is 0.595. The smallest absolute Gasteiger partial charge is 0.177 e. The van der Waals surface area contributed by atoms with Crippen LogP contribution >= 0.6 is 23.2 Å². The molecule has 0 spiro atoms. The Morgan fingerprint density at radius 1 is 1.00 bits per heavy atom. The lowest BCUT2D eigenvalue weighted by atomic mass is 10.3. The molecule has 0 heterocycles. The van der Waals surface area contributed by atoms with E-state index in [1.165, 1.54) is 0 Å². The highest BCUT2D eigenvalue weighted by molar-refractivity contribution is 7.91. The molecule has 0 saturated heterocycles. The van der Waals surface area contributed by atoms with Crippen LogP contribution in [0.5, 0.6) is 0 Å². The summed E-state index contributed by atoms with van der Waals surface area (Å²) in [5.74, 6) is 0. The van der Waals surface area contributed by atoms with Crippen molar-refractivity contribution >= 4 is 40.1 Å². The van der Waals surface area contributed by atoms with Crippen LogP contribution in [0.1, 0.15) is 0 Å². The van der Waals surface area contributed by atoms with Crippen molar-refractivity contribution < 1.29 is 4.55 Å². The second-order valence-electron chi connectivity index (χ2n) is 3.41. The molecule has 0 aliphatic rings. The van der Waals surface area contributed by atoms with E-state index in [1.54, 1.807) is 42.5 Å². The van der Waals surface area contributed by atoms with E-state index in [1.807, 2.05) is 0 Å². The second kappa shape index (κ2) is 5.19. The van der Waals surface area contributed by atoms with E-state index < -0.39 is 11.2 Å². The van der Waals surface area contributed by atoms with Crippen molar-refractivity contribution in [2.24, 2.45) is 0 Å². The molecule has 1 atom stereocenters. The minimum Gasteiger partial charge on any atom is -0.606 e. The van der Waals surface area contributed by atoms with Crippen molar-refractivity contribution in [1.29, 1.82) is 0 Å². The first kappa shape index (κ1) is 12.6. The SMILES string of the molecule is Nc1ccc([S+]([O-])c2ccc(Cl)cc2)c(Cl)c1. The maximum Gasteiger partial charge on any atom is 0.177 e. The van der Waals surface area contributed by atoms with Crippen LogP contribution in [0.25, 0.3) is 0 Å². The van der Waals surface area contributed by atoms with Crippen LogP contribution in [0.4, 0.5) is 5.69 Å². The highest BCUT2D eigenvalue weighted by Crippen LogP contribution is 2.29. The summed E-state index contributed by atoms with van der Waals surface area (Å²) in [5.41, 5.74) is 6.13. The molecule has 0 aromatic heterocycles. The monoisotopic (exact) mass is 285 g/mol. The third-order valence-corrected chi connectivity index (χ3v) is 4.32. The van der Waals surface area contributed by atoms with Gasteiger partial charge in [-0.05, 0) is 42.5 Å². The maximum atomic E-state index is 12.2. The summed E-state index contributed by atoms with van der Waals surface area (Å²) in [5, 5.41) is 1.01. The molecule has 0 saturated carbocycles. The van der Waals surface area contributed by atoms with E-state index in [0.717, 1.165) is 0 Å². The molecular weight excluding hydrogens is 277 g/mol. The molecule has 0 fully saturated rings. The zero-order valence-electron chi connectivity index (χ0n) is 8.69. The number of halogens is 2. The molecule has 1 unspecified atom stereocenters. The molecule has 2 nitrogen and oxygen atoms in total. The minimum absolute atomic E-state index is 0.401. The van der Waals surface area contributed by atoms with E-state index in [0.29, 0.717) is 25.5 Å². The van der Waals surface area contributed by atoms with Crippen LogP contribution in [0.3, 0.4) is 0 Å². The lowest BCUT2D eigenvalue weighted by Crippen LogP contribution is -2.03. The highest BCUT2D eigenvalue weighted by Gasteiger charge is 2.18. The van der Waals surface area contributed by atoms with Gasteiger partial charge in [-0.15, -0.1) is 0 Å². The van der Waals surface area contributed by atoms with Crippen molar-refractivity contribution in [3.8, 4) is 0 Å². The maximum absolute atomic E-state index is 12.2. The first-order valence-corrected chi connectivity index (χ1v) is 6.71. The first-order chi connectivity index (χ1) is 8.08. The summed E-state index contributed by atoms with van der Waals surface area (Å²) in [6.07, 6.45) is 0. The third-order valence-electron chi connectivity index (χ3n) is 2.18. The van der Waals surface area contributed by atoms with Gasteiger partial charge in [-0.1, -0.05) is 23.2 Å². The number of nitrogens with two attached hydrogens (primary N) is 1. The van der Waals surface area contributed by atoms with Gasteiger partial charge in [0.05, 0.1) is 5.02 Å². The Labute approximate surface area is 113 Å². The molecule has 2 rings (SSSR count). The van der Waals surface area contributed by atoms with Crippen molar-refractivity contribution in [1.82, 2.24) is 0 Å². The Morgan fingerprint density at radius 3 is 2.24 bits per heavy atom. The Morgan fingerprint density at radius 2 is 1.65 bits per heavy atom. The Hall–Kier alpha value is -0.870. The standard InChI is InChI=1S/C12H9Cl2NOS/c13-8-1-4-10(5-2-8)17(16)12-6-3-9(15)7-11(12)14/h1-7H,15H2. The average molecular weight is 286 g/mol. The lowest BCUT2D eigenvalue weighted by Gasteiger charge is -2.11. The van der Waals surface area contributed by atoms with Crippen LogP contribution in [0.2, 0.25) is 10.0 Å². The van der Waals surface area contributed by atoms with Gasteiger partial charge in [0.15, 0.2) is 9.79 Å². The number of rotatable bonds is 2. The fourth-order valence-electron chi connectivity index (χ4n) is 1.35. The number of anilines is 1. The van der Waals surface area contributed by atoms with Crippen molar-refractivity contribution in [3.63, 3.8) is 0 Å². The average Bonchev–Trinajstić information content (AvgIpc) is 2.29. The van der Waals surface area contributed by atoms with Crippen LogP contribution in [0, 0.1) is 0 Å². The van der Waals surface area contributed by atoms with Crippen LogP contribution in [-0.2, 0) is 11.2 Å². The summed E-state index contributed by atoms with van der Waals surface area (Å²) in [6.45, 7) is 0. The zero-order valence-corrected chi connectivity index (χ0v) is 11.0. The number of hydrogen-bond donors (Lipinski definition) is 1. The highest BCUT2D eigenvalue weighted by atomic mass is 35.5. The van der Waals surface area contributed by atoms with Crippen molar-refractivity contribution in [2.45, 2.75) is 9.79 Å². The van der Waals surface area contributed by atoms with Crippen LogP contribution in [-0.4, -0.2) is 4.55 Å². The fourth-order valence-corrected chi connectivity index (χ4v) is 2.94. The normalized spacial score (nSPS) is 12.4. The second-order valence-corrected chi connectivity index (χ2v) is 5.70. The summed E-state index contributed by atoms with van der Waals surface area (Å²) < 4.78 is 12.2. The van der Waals surface area contributed by atoms with Gasteiger partial charge in [-0.3, -0.25) is 0 Å². The fraction of sp³-hybridized carbons (Fsp3) is 0. The molecule has 0 radical (unpaired) electrons. The number of hydrogen-bond acceptors (Lipinski definition) is 2.